The number of fused-ring (bicyclic) bond motifs is 1. The van der Waals surface area contributed by atoms with Crippen molar-refractivity contribution in [1.29, 1.82) is 0 Å². The van der Waals surface area contributed by atoms with Gasteiger partial charge in [0.05, 0.1) is 20.1 Å². The number of aliphatic hydroxyl groups is 1. The lowest BCUT2D eigenvalue weighted by Gasteiger charge is -2.40. The van der Waals surface area contributed by atoms with Crippen LogP contribution in [0.5, 0.6) is 5.75 Å². The number of carbonyl (C=O) groups is 1. The zero-order valence-electron chi connectivity index (χ0n) is 22.3. The number of guanidine groups is 1. The molecular weight excluding hydrogens is 548 g/mol. The molecule has 0 spiro atoms. The van der Waals surface area contributed by atoms with Crippen LogP contribution >= 0.6 is 7.75 Å². The van der Waals surface area contributed by atoms with Gasteiger partial charge in [-0.15, -0.1) is 0 Å². The number of alkyl halides is 1. The van der Waals surface area contributed by atoms with Crippen LogP contribution < -0.4 is 15.3 Å². The molecular formula is C24H33FN7O7P. The summed E-state index contributed by atoms with van der Waals surface area (Å²) in [5, 5.41) is 13.4. The first-order chi connectivity index (χ1) is 19.0. The third-order valence-corrected chi connectivity index (χ3v) is 8.80. The van der Waals surface area contributed by atoms with Crippen LogP contribution in [0.1, 0.15) is 20.3 Å². The van der Waals surface area contributed by atoms with E-state index in [2.05, 4.69) is 24.8 Å². The molecule has 40 heavy (non-hydrogen) atoms. The maximum atomic E-state index is 16.1. The minimum atomic E-state index is -4.24. The van der Waals surface area contributed by atoms with Gasteiger partial charge in [0, 0.05) is 13.1 Å². The van der Waals surface area contributed by atoms with Crippen LogP contribution in [-0.2, 0) is 23.4 Å². The van der Waals surface area contributed by atoms with Crippen molar-refractivity contribution in [2.75, 3.05) is 26.8 Å². The van der Waals surface area contributed by atoms with Crippen molar-refractivity contribution in [3.05, 3.63) is 30.3 Å². The fourth-order valence-electron chi connectivity index (χ4n) is 4.87. The number of aliphatic imine (C=N–C) groups is 3. The molecule has 4 heterocycles. The summed E-state index contributed by atoms with van der Waals surface area (Å²) in [6, 6.07) is 6.60. The van der Waals surface area contributed by atoms with E-state index in [1.807, 2.05) is 4.90 Å². The third kappa shape index (κ3) is 5.44. The number of nitrogens with two attached hydrogens (primary N) is 1. The summed E-state index contributed by atoms with van der Waals surface area (Å²) < 4.78 is 51.5. The lowest BCUT2D eigenvalue weighted by atomic mass is 9.97. The largest absolute Gasteiger partial charge is 0.468 e. The lowest BCUT2D eigenvalue weighted by Crippen LogP contribution is -2.57. The number of likely N-dealkylation sites (tertiary alicyclic amines) is 1. The number of amidine groups is 1. The summed E-state index contributed by atoms with van der Waals surface area (Å²) in [6.07, 6.45) is -2.53. The number of methoxy groups -OCH3 is 1. The molecule has 0 bridgehead atoms. The fraction of sp³-hybridized carbons (Fsp3) is 0.583. The van der Waals surface area contributed by atoms with E-state index in [1.54, 1.807) is 30.3 Å². The van der Waals surface area contributed by atoms with E-state index in [1.165, 1.54) is 32.2 Å². The van der Waals surface area contributed by atoms with Gasteiger partial charge in [-0.25, -0.2) is 13.9 Å². The molecule has 0 saturated carbocycles. The highest BCUT2D eigenvalue weighted by atomic mass is 31.2. The van der Waals surface area contributed by atoms with Crippen molar-refractivity contribution >= 4 is 31.8 Å². The molecule has 4 aliphatic heterocycles. The Morgan fingerprint density at radius 2 is 2.10 bits per heavy atom. The van der Waals surface area contributed by atoms with Gasteiger partial charge in [-0.05, 0) is 32.4 Å². The minimum Gasteiger partial charge on any atom is -0.468 e. The standard InChI is InChI=1S/C24H33FN7O7P/c1-14(21(34)36-3)30-40(35,39-15-8-5-4-6-9-15)37-12-16-18(33)24(2,25)22(38-16)32-13-27-17-19(31-10-7-11-31)28-23(26)29-20(17)32/h4-6,8-9,13-14,16-18,20,22,33H,7,10-12H2,1-3H3,(H2,26,29)(H,30,35)/t14-,16+,17?,18+,20?,22+,24+,40?/m0/s1. The number of benzene rings is 1. The van der Waals surface area contributed by atoms with Crippen molar-refractivity contribution in [2.45, 2.75) is 62.6 Å². The number of hydrogen-bond donors (Lipinski definition) is 3. The molecule has 1 aromatic rings. The average molecular weight is 582 g/mol. The molecule has 218 valence electrons. The second kappa shape index (κ2) is 11.1. The second-order valence-electron chi connectivity index (χ2n) is 10.1. The molecule has 14 nitrogen and oxygen atoms in total. The summed E-state index contributed by atoms with van der Waals surface area (Å²) in [5.74, 6) is 0.197. The number of hydrogen-bond acceptors (Lipinski definition) is 13. The Balaban J connectivity index is 1.31. The molecule has 5 rings (SSSR count). The van der Waals surface area contributed by atoms with E-state index < -0.39 is 62.7 Å². The fourth-order valence-corrected chi connectivity index (χ4v) is 6.37. The number of ether oxygens (including phenoxy) is 2. The topological polar surface area (TPSA) is 173 Å². The summed E-state index contributed by atoms with van der Waals surface area (Å²) in [5.41, 5.74) is 3.67. The van der Waals surface area contributed by atoms with Gasteiger partial charge in [-0.2, -0.15) is 10.1 Å². The molecule has 16 heteroatoms. The number of carbonyl (C=O) groups excluding carboxylic acids is 1. The maximum absolute atomic E-state index is 16.1. The van der Waals surface area contributed by atoms with Crippen molar-refractivity contribution in [3.8, 4) is 5.75 Å². The van der Waals surface area contributed by atoms with Crippen LogP contribution in [0, 0.1) is 0 Å². The molecule has 0 radical (unpaired) electrons. The molecule has 2 saturated heterocycles. The average Bonchev–Trinajstić information content (AvgIpc) is 3.39. The Hall–Kier alpha value is -3.10. The van der Waals surface area contributed by atoms with Gasteiger partial charge in [0.15, 0.2) is 18.1 Å². The highest BCUT2D eigenvalue weighted by Gasteiger charge is 2.59. The molecule has 0 aliphatic carbocycles. The summed E-state index contributed by atoms with van der Waals surface area (Å²) in [6.45, 7) is 3.71. The van der Waals surface area contributed by atoms with Crippen molar-refractivity contribution in [3.63, 3.8) is 0 Å². The van der Waals surface area contributed by atoms with E-state index in [4.69, 9.17) is 19.5 Å². The van der Waals surface area contributed by atoms with Crippen molar-refractivity contribution in [1.82, 2.24) is 14.9 Å². The third-order valence-electron chi connectivity index (χ3n) is 7.16. The van der Waals surface area contributed by atoms with Gasteiger partial charge in [-0.3, -0.25) is 14.3 Å². The van der Waals surface area contributed by atoms with Crippen LogP contribution in [0.4, 0.5) is 4.39 Å². The van der Waals surface area contributed by atoms with Crippen LogP contribution in [0.3, 0.4) is 0 Å². The second-order valence-corrected chi connectivity index (χ2v) is 11.8. The smallest absolute Gasteiger partial charge is 0.459 e. The predicted molar refractivity (Wildman–Crippen MR) is 143 cm³/mol. The number of halogens is 1. The molecule has 4 N–H and O–H groups in total. The molecule has 8 atom stereocenters. The highest BCUT2D eigenvalue weighted by molar-refractivity contribution is 7.52. The van der Waals surface area contributed by atoms with Gasteiger partial charge >= 0.3 is 13.7 Å². The summed E-state index contributed by atoms with van der Waals surface area (Å²) in [7, 11) is -3.06. The molecule has 2 fully saturated rings. The Labute approximate surface area is 230 Å². The van der Waals surface area contributed by atoms with Crippen molar-refractivity contribution < 1.29 is 37.4 Å². The van der Waals surface area contributed by atoms with Gasteiger partial charge in [-0.1, -0.05) is 18.2 Å². The summed E-state index contributed by atoms with van der Waals surface area (Å²) in [4.78, 5) is 28.7. The Morgan fingerprint density at radius 3 is 2.75 bits per heavy atom. The SMILES string of the molecule is COC(=O)[C@H](C)NP(=O)(OC[C@H]1O[C@@H](N2C=NC3C(N4CCC4)=NC(N)=NC32)[C@](C)(F)[C@@H]1O)Oc1ccccc1. The Morgan fingerprint density at radius 1 is 1.38 bits per heavy atom. The molecule has 3 unspecified atom stereocenters. The normalized spacial score (nSPS) is 33.4. The van der Waals surface area contributed by atoms with Gasteiger partial charge in [0.2, 0.25) is 5.96 Å². The first kappa shape index (κ1) is 28.4. The first-order valence-electron chi connectivity index (χ1n) is 12.9. The number of esters is 1. The number of rotatable bonds is 9. The number of nitrogens with one attached hydrogen (secondary N) is 1. The van der Waals surface area contributed by atoms with E-state index in [0.29, 0.717) is 5.84 Å². The zero-order valence-corrected chi connectivity index (χ0v) is 23.2. The monoisotopic (exact) mass is 581 g/mol. The van der Waals surface area contributed by atoms with E-state index in [-0.39, 0.29) is 11.7 Å². The highest BCUT2D eigenvalue weighted by Crippen LogP contribution is 2.47. The Bertz CT molecular complexity index is 1250. The van der Waals surface area contributed by atoms with Gasteiger partial charge < -0.3 is 34.6 Å². The van der Waals surface area contributed by atoms with Crippen molar-refractivity contribution in [2.24, 2.45) is 20.7 Å². The first-order valence-corrected chi connectivity index (χ1v) is 14.4. The quantitative estimate of drug-likeness (QED) is 0.276. The van der Waals surface area contributed by atoms with E-state index in [9.17, 15) is 14.5 Å². The van der Waals surface area contributed by atoms with Crippen LogP contribution in [0.25, 0.3) is 0 Å². The molecule has 0 amide bonds. The number of para-hydroxylation sites is 1. The number of aliphatic hydroxyl groups excluding tert-OH is 1. The van der Waals surface area contributed by atoms with Gasteiger partial charge in [0.25, 0.3) is 0 Å². The molecule has 4 aliphatic rings. The maximum Gasteiger partial charge on any atom is 0.459 e. The Kier molecular flexibility index (Phi) is 7.86. The number of nitrogens with zero attached hydrogens (tertiary/aromatic N) is 5. The van der Waals surface area contributed by atoms with E-state index >= 15 is 4.39 Å². The zero-order chi connectivity index (χ0) is 28.7. The lowest BCUT2D eigenvalue weighted by molar-refractivity contribution is -0.142. The van der Waals surface area contributed by atoms with E-state index in [0.717, 1.165) is 19.5 Å². The van der Waals surface area contributed by atoms with Crippen LogP contribution in [0.15, 0.2) is 45.3 Å². The summed E-state index contributed by atoms with van der Waals surface area (Å²) >= 11 is 0. The van der Waals surface area contributed by atoms with Gasteiger partial charge in [0.1, 0.15) is 35.9 Å². The molecule has 0 aromatic heterocycles. The molecule has 1 aromatic carbocycles. The van der Waals surface area contributed by atoms with Crippen LogP contribution in [-0.4, -0.2) is 108 Å². The minimum absolute atomic E-state index is 0.0439. The predicted octanol–water partition coefficient (Wildman–Crippen LogP) is 0.626. The van der Waals surface area contributed by atoms with Crippen LogP contribution in [0.2, 0.25) is 0 Å².